The van der Waals surface area contributed by atoms with Crippen LogP contribution in [0.4, 0.5) is 5.69 Å². The molecule has 0 saturated heterocycles. The second-order valence-electron chi connectivity index (χ2n) is 5.37. The average Bonchev–Trinajstić information content (AvgIpc) is 3.11. The molecule has 6 heteroatoms. The molecule has 5 nitrogen and oxygen atoms in total. The van der Waals surface area contributed by atoms with E-state index < -0.39 is 0 Å². The van der Waals surface area contributed by atoms with Crippen molar-refractivity contribution in [3.63, 3.8) is 0 Å². The second kappa shape index (κ2) is 12.1. The Bertz CT molecular complexity index is 526. The van der Waals surface area contributed by atoms with Gasteiger partial charge in [-0.3, -0.25) is 0 Å². The lowest BCUT2D eigenvalue weighted by Gasteiger charge is -2.18. The van der Waals surface area contributed by atoms with Crippen LogP contribution < -0.4 is 15.5 Å². The molecule has 0 fully saturated rings. The predicted molar refractivity (Wildman–Crippen MR) is 113 cm³/mol. The Labute approximate surface area is 162 Å². The summed E-state index contributed by atoms with van der Waals surface area (Å²) < 4.78 is 5.34. The minimum atomic E-state index is 0. The number of hydrogen-bond acceptors (Lipinski definition) is 3. The van der Waals surface area contributed by atoms with E-state index in [1.54, 1.807) is 0 Å². The normalized spacial score (nSPS) is 13.8. The topological polar surface area (TPSA) is 48.9 Å². The van der Waals surface area contributed by atoms with E-state index in [0.717, 1.165) is 38.7 Å². The van der Waals surface area contributed by atoms with E-state index >= 15 is 0 Å². The van der Waals surface area contributed by atoms with Crippen molar-refractivity contribution in [1.82, 2.24) is 10.6 Å². The van der Waals surface area contributed by atoms with E-state index in [9.17, 15) is 0 Å². The molecule has 0 spiro atoms. The zero-order valence-electron chi connectivity index (χ0n) is 14.6. The Hall–Kier alpha value is -1.28. The number of rotatable bonds is 8. The zero-order chi connectivity index (χ0) is 16.3. The monoisotopic (exact) mass is 444 g/mol. The summed E-state index contributed by atoms with van der Waals surface area (Å²) in [6.07, 6.45) is 4.41. The fourth-order valence-corrected chi connectivity index (χ4v) is 2.44. The van der Waals surface area contributed by atoms with Crippen molar-refractivity contribution in [2.75, 3.05) is 44.3 Å². The SMILES string of the molecule is CCNC(=NCc1cccc(N2CC=CC2)c1)NCCOCC.I. The quantitative estimate of drug-likeness (QED) is 0.213. The molecule has 0 bridgehead atoms. The zero-order valence-corrected chi connectivity index (χ0v) is 17.0. The van der Waals surface area contributed by atoms with E-state index in [1.165, 1.54) is 11.3 Å². The van der Waals surface area contributed by atoms with Gasteiger partial charge in [0.1, 0.15) is 0 Å². The van der Waals surface area contributed by atoms with Gasteiger partial charge in [0.2, 0.25) is 0 Å². The van der Waals surface area contributed by atoms with Gasteiger partial charge < -0.3 is 20.3 Å². The van der Waals surface area contributed by atoms with Gasteiger partial charge in [0.25, 0.3) is 0 Å². The molecule has 1 aromatic carbocycles. The van der Waals surface area contributed by atoms with Crippen LogP contribution in [-0.2, 0) is 11.3 Å². The molecule has 0 atom stereocenters. The highest BCUT2D eigenvalue weighted by Gasteiger charge is 2.07. The number of anilines is 1. The van der Waals surface area contributed by atoms with Crippen LogP contribution in [0.15, 0.2) is 41.4 Å². The maximum Gasteiger partial charge on any atom is 0.191 e. The van der Waals surface area contributed by atoms with E-state index in [-0.39, 0.29) is 24.0 Å². The predicted octanol–water partition coefficient (Wildman–Crippen LogP) is 2.77. The highest BCUT2D eigenvalue weighted by Crippen LogP contribution is 2.18. The third-order valence-electron chi connectivity index (χ3n) is 3.60. The first-order valence-corrected chi connectivity index (χ1v) is 8.42. The standard InChI is InChI=1S/C18H28N4O.HI/c1-3-19-18(20-10-13-23-4-2)21-15-16-8-7-9-17(14-16)22-11-5-6-12-22;/h5-9,14H,3-4,10-13,15H2,1-2H3,(H2,19,20,21);1H. The Morgan fingerprint density at radius 3 is 2.71 bits per heavy atom. The fourth-order valence-electron chi connectivity index (χ4n) is 2.44. The summed E-state index contributed by atoms with van der Waals surface area (Å²) in [5.74, 6) is 0.834. The van der Waals surface area contributed by atoms with E-state index in [2.05, 4.69) is 63.9 Å². The molecular formula is C18H29IN4O. The molecule has 1 aliphatic rings. The molecule has 134 valence electrons. The smallest absolute Gasteiger partial charge is 0.191 e. The lowest BCUT2D eigenvalue weighted by atomic mass is 10.2. The maximum atomic E-state index is 5.34. The van der Waals surface area contributed by atoms with Crippen LogP contribution in [-0.4, -0.2) is 45.4 Å². The average molecular weight is 444 g/mol. The van der Waals surface area contributed by atoms with Crippen molar-refractivity contribution in [3.05, 3.63) is 42.0 Å². The van der Waals surface area contributed by atoms with Gasteiger partial charge in [0.15, 0.2) is 5.96 Å². The van der Waals surface area contributed by atoms with Crippen LogP contribution in [0, 0.1) is 0 Å². The first kappa shape index (κ1) is 20.8. The van der Waals surface area contributed by atoms with Gasteiger partial charge in [0.05, 0.1) is 13.2 Å². The van der Waals surface area contributed by atoms with Gasteiger partial charge >= 0.3 is 0 Å². The number of nitrogens with zero attached hydrogens (tertiary/aromatic N) is 2. The van der Waals surface area contributed by atoms with E-state index in [4.69, 9.17) is 4.74 Å². The third kappa shape index (κ3) is 7.09. The lowest BCUT2D eigenvalue weighted by Crippen LogP contribution is -2.39. The molecular weight excluding hydrogens is 415 g/mol. The van der Waals surface area contributed by atoms with Crippen molar-refractivity contribution in [3.8, 4) is 0 Å². The Morgan fingerprint density at radius 1 is 1.21 bits per heavy atom. The number of guanidine groups is 1. The number of nitrogens with one attached hydrogen (secondary N) is 2. The third-order valence-corrected chi connectivity index (χ3v) is 3.60. The number of benzene rings is 1. The summed E-state index contributed by atoms with van der Waals surface area (Å²) in [5.41, 5.74) is 2.48. The second-order valence-corrected chi connectivity index (χ2v) is 5.37. The number of hydrogen-bond donors (Lipinski definition) is 2. The first-order chi connectivity index (χ1) is 11.3. The minimum absolute atomic E-state index is 0. The molecule has 2 rings (SSSR count). The van der Waals surface area contributed by atoms with Crippen molar-refractivity contribution >= 4 is 35.6 Å². The first-order valence-electron chi connectivity index (χ1n) is 8.42. The molecule has 0 radical (unpaired) electrons. The highest BCUT2D eigenvalue weighted by molar-refractivity contribution is 14.0. The summed E-state index contributed by atoms with van der Waals surface area (Å²) >= 11 is 0. The Morgan fingerprint density at radius 2 is 2.00 bits per heavy atom. The number of aliphatic imine (C=N–C) groups is 1. The summed E-state index contributed by atoms with van der Waals surface area (Å²) in [6, 6.07) is 8.61. The van der Waals surface area contributed by atoms with Gasteiger partial charge in [0, 0.05) is 38.5 Å². The number of halogens is 1. The van der Waals surface area contributed by atoms with Gasteiger partial charge in [-0.25, -0.2) is 4.99 Å². The molecule has 0 aliphatic carbocycles. The number of ether oxygens (including phenoxy) is 1. The van der Waals surface area contributed by atoms with E-state index in [1.807, 2.05) is 6.92 Å². The molecule has 1 aromatic rings. The van der Waals surface area contributed by atoms with Gasteiger partial charge in [-0.2, -0.15) is 0 Å². The van der Waals surface area contributed by atoms with Gasteiger partial charge in [-0.1, -0.05) is 24.3 Å². The highest BCUT2D eigenvalue weighted by atomic mass is 127. The van der Waals surface area contributed by atoms with Crippen LogP contribution in [0.1, 0.15) is 19.4 Å². The maximum absolute atomic E-state index is 5.34. The van der Waals surface area contributed by atoms with Crippen LogP contribution in [0.2, 0.25) is 0 Å². The Kier molecular flexibility index (Phi) is 10.5. The molecule has 2 N–H and O–H groups in total. The summed E-state index contributed by atoms with van der Waals surface area (Å²) in [5, 5.41) is 6.55. The minimum Gasteiger partial charge on any atom is -0.380 e. The molecule has 0 amide bonds. The van der Waals surface area contributed by atoms with Crippen molar-refractivity contribution < 1.29 is 4.74 Å². The van der Waals surface area contributed by atoms with Gasteiger partial charge in [-0.05, 0) is 31.5 Å². The lowest BCUT2D eigenvalue weighted by molar-refractivity contribution is 0.152. The molecule has 0 unspecified atom stereocenters. The van der Waals surface area contributed by atoms with Crippen LogP contribution >= 0.6 is 24.0 Å². The molecule has 0 aromatic heterocycles. The summed E-state index contributed by atoms with van der Waals surface area (Å²) in [4.78, 5) is 7.00. The van der Waals surface area contributed by atoms with E-state index in [0.29, 0.717) is 13.2 Å². The fraction of sp³-hybridized carbons (Fsp3) is 0.500. The largest absolute Gasteiger partial charge is 0.380 e. The summed E-state index contributed by atoms with van der Waals surface area (Å²) in [7, 11) is 0. The van der Waals surface area contributed by atoms with Crippen molar-refractivity contribution in [2.45, 2.75) is 20.4 Å². The van der Waals surface area contributed by atoms with Crippen LogP contribution in [0.5, 0.6) is 0 Å². The van der Waals surface area contributed by atoms with Crippen molar-refractivity contribution in [1.29, 1.82) is 0 Å². The van der Waals surface area contributed by atoms with Crippen molar-refractivity contribution in [2.24, 2.45) is 4.99 Å². The van der Waals surface area contributed by atoms with Crippen LogP contribution in [0.25, 0.3) is 0 Å². The van der Waals surface area contributed by atoms with Gasteiger partial charge in [-0.15, -0.1) is 24.0 Å². The molecule has 24 heavy (non-hydrogen) atoms. The Balaban J connectivity index is 0.00000288. The molecule has 1 aliphatic heterocycles. The van der Waals surface area contributed by atoms with Crippen LogP contribution in [0.3, 0.4) is 0 Å². The molecule has 1 heterocycles. The summed E-state index contributed by atoms with van der Waals surface area (Å²) in [6.45, 7) is 9.77. The molecule has 0 saturated carbocycles.